The third-order valence-corrected chi connectivity index (χ3v) is 5.42. The highest BCUT2D eigenvalue weighted by molar-refractivity contribution is 6.36. The van der Waals surface area contributed by atoms with Crippen LogP contribution in [-0.2, 0) is 16.1 Å². The summed E-state index contributed by atoms with van der Waals surface area (Å²) in [5.41, 5.74) is 0.560. The second kappa shape index (κ2) is 11.7. The van der Waals surface area contributed by atoms with E-state index in [9.17, 15) is 9.59 Å². The van der Waals surface area contributed by atoms with Crippen LogP contribution in [0, 0.1) is 0 Å². The SMILES string of the molecule is CC[C@H](C(=O)NC)N(Cc1c(Cl)cccc1Cl)C(=O)COc1cc(OC)cc(OC)c1. The van der Waals surface area contributed by atoms with Crippen molar-refractivity contribution in [1.82, 2.24) is 10.2 Å². The van der Waals surface area contributed by atoms with E-state index >= 15 is 0 Å². The van der Waals surface area contributed by atoms with Crippen molar-refractivity contribution >= 4 is 35.0 Å². The minimum Gasteiger partial charge on any atom is -0.496 e. The van der Waals surface area contributed by atoms with Gasteiger partial charge >= 0.3 is 0 Å². The maximum atomic E-state index is 13.1. The summed E-state index contributed by atoms with van der Waals surface area (Å²) >= 11 is 12.6. The molecule has 0 radical (unpaired) electrons. The maximum absolute atomic E-state index is 13.1. The number of halogens is 2. The molecule has 0 heterocycles. The Balaban J connectivity index is 2.28. The Kier molecular flexibility index (Phi) is 9.27. The maximum Gasteiger partial charge on any atom is 0.261 e. The molecule has 1 atom stereocenters. The Morgan fingerprint density at radius 1 is 1.03 bits per heavy atom. The van der Waals surface area contributed by atoms with E-state index in [1.807, 2.05) is 6.92 Å². The van der Waals surface area contributed by atoms with Crippen molar-refractivity contribution < 1.29 is 23.8 Å². The minimum atomic E-state index is -0.715. The number of amides is 2. The first-order valence-corrected chi connectivity index (χ1v) is 10.4. The fraction of sp³-hybridized carbons (Fsp3) is 0.364. The second-order valence-corrected chi connectivity index (χ2v) is 7.41. The third-order valence-electron chi connectivity index (χ3n) is 4.71. The van der Waals surface area contributed by atoms with Crippen LogP contribution in [0.1, 0.15) is 18.9 Å². The van der Waals surface area contributed by atoms with Crippen LogP contribution in [0.4, 0.5) is 0 Å². The highest BCUT2D eigenvalue weighted by Crippen LogP contribution is 2.29. The molecule has 1 N–H and O–H groups in total. The average Bonchev–Trinajstić information content (AvgIpc) is 2.78. The number of hydrogen-bond donors (Lipinski definition) is 1. The molecule has 7 nitrogen and oxygen atoms in total. The molecule has 0 aliphatic carbocycles. The van der Waals surface area contributed by atoms with Gasteiger partial charge in [-0.25, -0.2) is 0 Å². The summed E-state index contributed by atoms with van der Waals surface area (Å²) in [5, 5.41) is 3.42. The lowest BCUT2D eigenvalue weighted by molar-refractivity contribution is -0.142. The van der Waals surface area contributed by atoms with Gasteiger partial charge in [-0.1, -0.05) is 36.2 Å². The van der Waals surface area contributed by atoms with Gasteiger partial charge in [0, 0.05) is 47.4 Å². The Morgan fingerprint density at radius 2 is 1.58 bits per heavy atom. The molecule has 0 aromatic heterocycles. The van der Waals surface area contributed by atoms with E-state index in [1.165, 1.54) is 26.2 Å². The molecule has 2 rings (SSSR count). The van der Waals surface area contributed by atoms with Gasteiger partial charge in [0.05, 0.1) is 14.2 Å². The van der Waals surface area contributed by atoms with Crippen molar-refractivity contribution in [3.05, 3.63) is 52.0 Å². The summed E-state index contributed by atoms with van der Waals surface area (Å²) in [4.78, 5) is 27.0. The van der Waals surface area contributed by atoms with Crippen LogP contribution in [-0.4, -0.2) is 50.6 Å². The molecule has 31 heavy (non-hydrogen) atoms. The summed E-state index contributed by atoms with van der Waals surface area (Å²) in [6, 6.07) is 9.35. The second-order valence-electron chi connectivity index (χ2n) is 6.60. The predicted octanol–water partition coefficient (Wildman–Crippen LogP) is 3.94. The number of likely N-dealkylation sites (N-methyl/N-ethyl adjacent to an activating group) is 1. The highest BCUT2D eigenvalue weighted by Gasteiger charge is 2.29. The van der Waals surface area contributed by atoms with E-state index in [2.05, 4.69) is 5.32 Å². The number of methoxy groups -OCH3 is 2. The van der Waals surface area contributed by atoms with Crippen LogP contribution in [0.5, 0.6) is 17.2 Å². The number of ether oxygens (including phenoxy) is 3. The molecule has 0 saturated carbocycles. The van der Waals surface area contributed by atoms with Gasteiger partial charge in [-0.3, -0.25) is 9.59 Å². The third kappa shape index (κ3) is 6.42. The summed E-state index contributed by atoms with van der Waals surface area (Å²) in [5.74, 6) is 0.764. The first kappa shape index (κ1) is 24.6. The molecule has 0 aliphatic rings. The van der Waals surface area contributed by atoms with E-state index in [1.54, 1.807) is 36.4 Å². The minimum absolute atomic E-state index is 0.0636. The average molecular weight is 469 g/mol. The molecule has 0 saturated heterocycles. The predicted molar refractivity (Wildman–Crippen MR) is 120 cm³/mol. The van der Waals surface area contributed by atoms with Crippen LogP contribution in [0.15, 0.2) is 36.4 Å². The summed E-state index contributed by atoms with van der Waals surface area (Å²) in [6.07, 6.45) is 0.403. The molecule has 0 spiro atoms. The molecule has 0 bridgehead atoms. The Hall–Kier alpha value is -2.64. The number of hydrogen-bond acceptors (Lipinski definition) is 5. The number of carbonyl (C=O) groups is 2. The standard InChI is InChI=1S/C22H26Cl2N2O5/c1-5-20(22(28)25-2)26(12-17-18(23)7-6-8-19(17)24)21(27)13-31-16-10-14(29-3)9-15(11-16)30-4/h6-11,20H,5,12-13H2,1-4H3,(H,25,28)/t20-/m1/s1. The van der Waals surface area contributed by atoms with Gasteiger partial charge in [0.15, 0.2) is 6.61 Å². The molecular formula is C22H26Cl2N2O5. The van der Waals surface area contributed by atoms with Gasteiger partial charge in [0.1, 0.15) is 23.3 Å². The van der Waals surface area contributed by atoms with Gasteiger partial charge in [-0.2, -0.15) is 0 Å². The van der Waals surface area contributed by atoms with Crippen LogP contribution >= 0.6 is 23.2 Å². The first-order valence-electron chi connectivity index (χ1n) is 9.64. The lowest BCUT2D eigenvalue weighted by atomic mass is 10.1. The molecule has 0 fully saturated rings. The van der Waals surface area contributed by atoms with E-state index < -0.39 is 11.9 Å². The quantitative estimate of drug-likeness (QED) is 0.571. The van der Waals surface area contributed by atoms with Gasteiger partial charge in [-0.05, 0) is 18.6 Å². The van der Waals surface area contributed by atoms with E-state index in [4.69, 9.17) is 37.4 Å². The Labute approximate surface area is 192 Å². The number of rotatable bonds is 10. The molecule has 168 valence electrons. The molecule has 2 aromatic carbocycles. The fourth-order valence-electron chi connectivity index (χ4n) is 3.03. The molecule has 2 amide bonds. The van der Waals surface area contributed by atoms with Crippen molar-refractivity contribution in [3.63, 3.8) is 0 Å². The Bertz CT molecular complexity index is 880. The van der Waals surface area contributed by atoms with Crippen molar-refractivity contribution in [3.8, 4) is 17.2 Å². The van der Waals surface area contributed by atoms with E-state index in [0.29, 0.717) is 39.3 Å². The van der Waals surface area contributed by atoms with Gasteiger partial charge in [0.2, 0.25) is 5.91 Å². The number of nitrogens with zero attached hydrogens (tertiary/aromatic N) is 1. The normalized spacial score (nSPS) is 11.4. The van der Waals surface area contributed by atoms with E-state index in [-0.39, 0.29) is 19.1 Å². The number of carbonyl (C=O) groups excluding carboxylic acids is 2. The van der Waals surface area contributed by atoms with Gasteiger partial charge < -0.3 is 24.4 Å². The zero-order valence-corrected chi connectivity index (χ0v) is 19.4. The fourth-order valence-corrected chi connectivity index (χ4v) is 3.55. The first-order chi connectivity index (χ1) is 14.8. The summed E-state index contributed by atoms with van der Waals surface area (Å²) < 4.78 is 16.1. The van der Waals surface area contributed by atoms with Crippen LogP contribution in [0.3, 0.4) is 0 Å². The molecule has 2 aromatic rings. The Morgan fingerprint density at radius 3 is 2.06 bits per heavy atom. The number of nitrogens with one attached hydrogen (secondary N) is 1. The van der Waals surface area contributed by atoms with Crippen molar-refractivity contribution in [2.45, 2.75) is 25.9 Å². The molecule has 0 unspecified atom stereocenters. The summed E-state index contributed by atoms with van der Waals surface area (Å²) in [7, 11) is 4.57. The van der Waals surface area contributed by atoms with E-state index in [0.717, 1.165) is 0 Å². The summed E-state index contributed by atoms with van der Waals surface area (Å²) in [6.45, 7) is 1.59. The van der Waals surface area contributed by atoms with Gasteiger partial charge in [-0.15, -0.1) is 0 Å². The number of benzene rings is 2. The largest absolute Gasteiger partial charge is 0.496 e. The van der Waals surface area contributed by atoms with Crippen molar-refractivity contribution in [2.75, 3.05) is 27.9 Å². The van der Waals surface area contributed by atoms with Gasteiger partial charge in [0.25, 0.3) is 5.91 Å². The zero-order chi connectivity index (χ0) is 23.0. The monoisotopic (exact) mass is 468 g/mol. The van der Waals surface area contributed by atoms with Crippen LogP contribution in [0.2, 0.25) is 10.0 Å². The van der Waals surface area contributed by atoms with Crippen molar-refractivity contribution in [1.29, 1.82) is 0 Å². The highest BCUT2D eigenvalue weighted by atomic mass is 35.5. The zero-order valence-electron chi connectivity index (χ0n) is 17.9. The van der Waals surface area contributed by atoms with Crippen LogP contribution < -0.4 is 19.5 Å². The lowest BCUT2D eigenvalue weighted by Gasteiger charge is -2.30. The molecule has 0 aliphatic heterocycles. The van der Waals surface area contributed by atoms with Crippen molar-refractivity contribution in [2.24, 2.45) is 0 Å². The lowest BCUT2D eigenvalue weighted by Crippen LogP contribution is -2.49. The topological polar surface area (TPSA) is 77.1 Å². The molecule has 9 heteroatoms. The smallest absolute Gasteiger partial charge is 0.261 e. The van der Waals surface area contributed by atoms with Crippen LogP contribution in [0.25, 0.3) is 0 Å². The molecular weight excluding hydrogens is 443 g/mol.